The van der Waals surface area contributed by atoms with Crippen molar-refractivity contribution in [3.63, 3.8) is 0 Å². The fourth-order valence-corrected chi connectivity index (χ4v) is 3.18. The van der Waals surface area contributed by atoms with Crippen LogP contribution in [0, 0.1) is 12.3 Å². The van der Waals surface area contributed by atoms with Crippen LogP contribution in [-0.4, -0.2) is 42.1 Å². The van der Waals surface area contributed by atoms with Crippen LogP contribution in [0.5, 0.6) is 5.88 Å². The van der Waals surface area contributed by atoms with Gasteiger partial charge in [0.25, 0.3) is 0 Å². The summed E-state index contributed by atoms with van der Waals surface area (Å²) >= 11 is 0. The van der Waals surface area contributed by atoms with Crippen LogP contribution in [0.1, 0.15) is 11.1 Å². The number of aromatic nitrogens is 2. The topological polar surface area (TPSA) is 62.6 Å². The molecule has 2 aliphatic heterocycles. The molecule has 0 aliphatic carbocycles. The van der Waals surface area contributed by atoms with Crippen molar-refractivity contribution >= 4 is 0 Å². The minimum Gasteiger partial charge on any atom is -0.475 e. The predicted molar refractivity (Wildman–Crippen MR) is 91.6 cm³/mol. The van der Waals surface area contributed by atoms with Gasteiger partial charge in [0.05, 0.1) is 25.5 Å². The number of terminal acetylenes is 1. The number of fused-ring (bicyclic) bond motifs is 3. The van der Waals surface area contributed by atoms with Gasteiger partial charge in [-0.2, -0.15) is 4.98 Å². The van der Waals surface area contributed by atoms with E-state index in [1.807, 2.05) is 18.2 Å². The smallest absolute Gasteiger partial charge is 0.351 e. The van der Waals surface area contributed by atoms with Gasteiger partial charge in [0.1, 0.15) is 12.7 Å². The summed E-state index contributed by atoms with van der Waals surface area (Å²) in [5.41, 5.74) is 3.47. The van der Waals surface area contributed by atoms with Crippen molar-refractivity contribution in [2.75, 3.05) is 26.4 Å². The van der Waals surface area contributed by atoms with Gasteiger partial charge in [-0.1, -0.05) is 12.0 Å². The lowest BCUT2D eigenvalue weighted by Crippen LogP contribution is -2.34. The molecule has 25 heavy (non-hydrogen) atoms. The fraction of sp³-hybridized carbons (Fsp3) is 0.368. The fourth-order valence-electron chi connectivity index (χ4n) is 3.18. The van der Waals surface area contributed by atoms with Crippen molar-refractivity contribution < 1.29 is 14.2 Å². The second-order valence-corrected chi connectivity index (χ2v) is 6.06. The lowest BCUT2D eigenvalue weighted by Gasteiger charge is -2.24. The summed E-state index contributed by atoms with van der Waals surface area (Å²) in [6.45, 7) is 2.53. The number of hydrogen-bond donors (Lipinski definition) is 0. The van der Waals surface area contributed by atoms with Gasteiger partial charge >= 0.3 is 5.69 Å². The molecule has 0 amide bonds. The van der Waals surface area contributed by atoms with Gasteiger partial charge in [-0.3, -0.25) is 4.57 Å². The van der Waals surface area contributed by atoms with Crippen LogP contribution in [0.25, 0.3) is 11.3 Å². The quantitative estimate of drug-likeness (QED) is 0.788. The number of nitrogens with zero attached hydrogens (tertiary/aromatic N) is 2. The zero-order chi connectivity index (χ0) is 17.2. The van der Waals surface area contributed by atoms with E-state index in [0.717, 1.165) is 28.8 Å². The molecule has 0 radical (unpaired) electrons. The lowest BCUT2D eigenvalue weighted by atomic mass is 9.96. The van der Waals surface area contributed by atoms with Crippen LogP contribution in [0.4, 0.5) is 0 Å². The maximum atomic E-state index is 12.4. The van der Waals surface area contributed by atoms with E-state index in [4.69, 9.17) is 20.6 Å². The molecule has 1 atom stereocenters. The van der Waals surface area contributed by atoms with Crippen molar-refractivity contribution in [2.24, 2.45) is 0 Å². The molecule has 1 saturated heterocycles. The normalized spacial score (nSPS) is 18.8. The molecule has 1 aromatic heterocycles. The average molecular weight is 338 g/mol. The van der Waals surface area contributed by atoms with Gasteiger partial charge in [-0.25, -0.2) is 4.79 Å². The third-order valence-electron chi connectivity index (χ3n) is 4.44. The van der Waals surface area contributed by atoms with Crippen LogP contribution >= 0.6 is 0 Å². The van der Waals surface area contributed by atoms with Crippen LogP contribution < -0.4 is 10.4 Å². The van der Waals surface area contributed by atoms with Crippen molar-refractivity contribution in [2.45, 2.75) is 19.1 Å². The van der Waals surface area contributed by atoms with E-state index in [2.05, 4.69) is 10.9 Å². The van der Waals surface area contributed by atoms with Crippen molar-refractivity contribution in [3.8, 4) is 29.5 Å². The van der Waals surface area contributed by atoms with Crippen molar-refractivity contribution in [1.29, 1.82) is 0 Å². The zero-order valence-electron chi connectivity index (χ0n) is 13.7. The Morgan fingerprint density at radius 2 is 2.28 bits per heavy atom. The van der Waals surface area contributed by atoms with E-state index in [0.29, 0.717) is 38.9 Å². The van der Waals surface area contributed by atoms with Crippen molar-refractivity contribution in [3.05, 3.63) is 45.9 Å². The summed E-state index contributed by atoms with van der Waals surface area (Å²) in [6, 6.07) is 7.64. The van der Waals surface area contributed by atoms with E-state index in [9.17, 15) is 4.79 Å². The number of benzene rings is 1. The Labute approximate surface area is 145 Å². The first-order valence-electron chi connectivity index (χ1n) is 8.28. The summed E-state index contributed by atoms with van der Waals surface area (Å²) in [7, 11) is 0. The molecule has 2 aliphatic rings. The highest BCUT2D eigenvalue weighted by atomic mass is 16.6. The Bertz CT molecular complexity index is 891. The molecule has 0 bridgehead atoms. The maximum absolute atomic E-state index is 12.4. The highest BCUT2D eigenvalue weighted by Crippen LogP contribution is 2.30. The van der Waals surface area contributed by atoms with Gasteiger partial charge in [0.2, 0.25) is 5.88 Å². The molecule has 4 rings (SSSR count). The van der Waals surface area contributed by atoms with Gasteiger partial charge in [0, 0.05) is 23.7 Å². The minimum absolute atomic E-state index is 0.139. The van der Waals surface area contributed by atoms with Crippen LogP contribution in [0.2, 0.25) is 0 Å². The van der Waals surface area contributed by atoms with E-state index in [1.165, 1.54) is 0 Å². The molecule has 0 saturated carbocycles. The van der Waals surface area contributed by atoms with Crippen LogP contribution in [0.15, 0.2) is 29.1 Å². The molecule has 3 heterocycles. The maximum Gasteiger partial charge on any atom is 0.351 e. The summed E-state index contributed by atoms with van der Waals surface area (Å²) < 4.78 is 18.3. The van der Waals surface area contributed by atoms with E-state index in [1.54, 1.807) is 10.6 Å². The summed E-state index contributed by atoms with van der Waals surface area (Å²) in [6.07, 6.45) is 6.10. The van der Waals surface area contributed by atoms with Crippen LogP contribution in [-0.2, 0) is 22.4 Å². The Morgan fingerprint density at radius 1 is 1.36 bits per heavy atom. The van der Waals surface area contributed by atoms with Gasteiger partial charge in [-0.15, -0.1) is 6.42 Å². The number of hydrogen-bond acceptors (Lipinski definition) is 5. The summed E-state index contributed by atoms with van der Waals surface area (Å²) in [5, 5.41) is 0. The predicted octanol–water partition coefficient (Wildman–Crippen LogP) is 1.24. The number of ether oxygens (including phenoxy) is 3. The van der Waals surface area contributed by atoms with Gasteiger partial charge in [0.15, 0.2) is 0 Å². The summed E-state index contributed by atoms with van der Waals surface area (Å²) in [4.78, 5) is 16.4. The molecule has 0 N–H and O–H groups in total. The molecule has 1 fully saturated rings. The third kappa shape index (κ3) is 3.16. The molecule has 128 valence electrons. The highest BCUT2D eigenvalue weighted by molar-refractivity contribution is 5.67. The largest absolute Gasteiger partial charge is 0.475 e. The van der Waals surface area contributed by atoms with E-state index >= 15 is 0 Å². The van der Waals surface area contributed by atoms with E-state index < -0.39 is 0 Å². The standard InChI is InChI=1S/C19H18N2O4/c1-2-13-3-4-16-14(9-13)5-6-21-17(16)10-18(20-19(21)22)25-12-15-11-23-7-8-24-15/h1,3-4,9-10,15H,5-8,11-12H2/t15-/m0/s1. The SMILES string of the molecule is C#Cc1ccc2c(c1)CCn1c-2cc(OC[C@@H]2COCCO2)nc1=O. The van der Waals surface area contributed by atoms with Gasteiger partial charge in [-0.05, 0) is 24.1 Å². The lowest BCUT2D eigenvalue weighted by molar-refractivity contribution is -0.102. The average Bonchev–Trinajstić information content (AvgIpc) is 2.66. The zero-order valence-corrected chi connectivity index (χ0v) is 13.7. The molecule has 6 nitrogen and oxygen atoms in total. The molecule has 2 aromatic rings. The molecule has 6 heteroatoms. The first-order valence-corrected chi connectivity index (χ1v) is 8.28. The number of aryl methyl sites for hydroxylation is 1. The monoisotopic (exact) mass is 338 g/mol. The first kappa shape index (κ1) is 15.9. The Balaban J connectivity index is 1.63. The Morgan fingerprint density at radius 3 is 3.08 bits per heavy atom. The second-order valence-electron chi connectivity index (χ2n) is 6.06. The Kier molecular flexibility index (Phi) is 4.26. The van der Waals surface area contributed by atoms with Crippen LogP contribution in [0.3, 0.4) is 0 Å². The molecular formula is C19H18N2O4. The number of rotatable bonds is 3. The molecule has 0 spiro atoms. The Hall–Kier alpha value is -2.62. The third-order valence-corrected chi connectivity index (χ3v) is 4.44. The molecular weight excluding hydrogens is 320 g/mol. The summed E-state index contributed by atoms with van der Waals surface area (Å²) in [5.74, 6) is 2.95. The van der Waals surface area contributed by atoms with Crippen molar-refractivity contribution in [1.82, 2.24) is 9.55 Å². The highest BCUT2D eigenvalue weighted by Gasteiger charge is 2.20. The minimum atomic E-state index is -0.306. The van der Waals surface area contributed by atoms with E-state index in [-0.39, 0.29) is 11.8 Å². The first-order chi connectivity index (χ1) is 12.2. The second kappa shape index (κ2) is 6.71. The van der Waals surface area contributed by atoms with Gasteiger partial charge < -0.3 is 14.2 Å². The molecule has 0 unspecified atom stereocenters. The molecule has 1 aromatic carbocycles.